The van der Waals surface area contributed by atoms with Gasteiger partial charge in [0.2, 0.25) is 0 Å². The molecule has 0 aliphatic heterocycles. The van der Waals surface area contributed by atoms with Crippen LogP contribution in [0.4, 0.5) is 8.78 Å². The van der Waals surface area contributed by atoms with E-state index in [1.54, 1.807) is 13.8 Å². The number of hydrogen-bond acceptors (Lipinski definition) is 12. The quantitative estimate of drug-likeness (QED) is 0.191. The number of rotatable bonds is 10. The summed E-state index contributed by atoms with van der Waals surface area (Å²) in [4.78, 5) is 64.7. The van der Waals surface area contributed by atoms with Crippen LogP contribution >= 0.6 is 23.2 Å². The lowest BCUT2D eigenvalue weighted by Crippen LogP contribution is -2.28. The van der Waals surface area contributed by atoms with Crippen LogP contribution in [0.3, 0.4) is 0 Å². The summed E-state index contributed by atoms with van der Waals surface area (Å²) in [7, 11) is 0. The molecule has 20 heteroatoms. The minimum atomic E-state index is -0.626. The zero-order valence-electron chi connectivity index (χ0n) is 27.1. The lowest BCUT2D eigenvalue weighted by molar-refractivity contribution is 0.0513. The number of halogens is 4. The number of nitrogens with zero attached hydrogens (tertiary/aromatic N) is 8. The van der Waals surface area contributed by atoms with Gasteiger partial charge in [-0.05, 0) is 49.2 Å². The predicted molar refractivity (Wildman–Crippen MR) is 179 cm³/mol. The third kappa shape index (κ3) is 8.77. The van der Waals surface area contributed by atoms with E-state index in [2.05, 4.69) is 40.8 Å². The van der Waals surface area contributed by atoms with Gasteiger partial charge in [-0.15, -0.1) is 0 Å². The van der Waals surface area contributed by atoms with Crippen molar-refractivity contribution in [1.29, 1.82) is 0 Å². The molecule has 6 aromatic rings. The fraction of sp³-hybridized carbons (Fsp3) is 0.188. The van der Waals surface area contributed by atoms with E-state index in [4.69, 9.17) is 32.7 Å². The molecular weight excluding hydrogens is 729 g/mol. The van der Waals surface area contributed by atoms with Crippen molar-refractivity contribution in [2.75, 3.05) is 13.2 Å². The van der Waals surface area contributed by atoms with Gasteiger partial charge in [-0.1, -0.05) is 35.3 Å². The Labute approximate surface area is 302 Å². The number of carbonyl (C=O) groups excluding carboxylic acids is 4. The monoisotopic (exact) mass is 754 g/mol. The molecule has 16 nitrogen and oxygen atoms in total. The Hall–Kier alpha value is -6.14. The fourth-order valence-electron chi connectivity index (χ4n) is 4.41. The number of benzene rings is 2. The average molecular weight is 756 g/mol. The topological polar surface area (TPSA) is 197 Å². The van der Waals surface area contributed by atoms with Crippen LogP contribution in [0.25, 0.3) is 11.6 Å². The Bertz CT molecular complexity index is 2300. The summed E-state index contributed by atoms with van der Waals surface area (Å²) in [5.41, 5.74) is 1.17. The molecule has 0 aliphatic carbocycles. The molecule has 0 saturated carbocycles. The van der Waals surface area contributed by atoms with Gasteiger partial charge in [0.1, 0.15) is 35.7 Å². The van der Waals surface area contributed by atoms with Crippen LogP contribution in [0, 0.1) is 11.6 Å². The number of carbonyl (C=O) groups is 4. The van der Waals surface area contributed by atoms with Crippen LogP contribution in [0.15, 0.2) is 61.2 Å². The maximum Gasteiger partial charge on any atom is 0.357 e. The molecule has 52 heavy (non-hydrogen) atoms. The van der Waals surface area contributed by atoms with Crippen LogP contribution < -0.4 is 10.6 Å². The van der Waals surface area contributed by atoms with Crippen molar-refractivity contribution >= 4 is 58.5 Å². The third-order valence-corrected chi connectivity index (χ3v) is 7.39. The minimum Gasteiger partial charge on any atom is -0.461 e. The molecule has 0 atom stereocenters. The zero-order valence-corrected chi connectivity index (χ0v) is 28.7. The average Bonchev–Trinajstić information content (AvgIpc) is 3.82. The lowest BCUT2D eigenvalue weighted by Gasteiger charge is -2.10. The fourth-order valence-corrected chi connectivity index (χ4v) is 4.81. The van der Waals surface area contributed by atoms with Gasteiger partial charge in [-0.3, -0.25) is 9.59 Å². The highest BCUT2D eigenvalue weighted by molar-refractivity contribution is 6.31. The van der Waals surface area contributed by atoms with Crippen LogP contribution in [0.5, 0.6) is 0 Å². The number of esters is 2. The second-order valence-electron chi connectivity index (χ2n) is 10.3. The second kappa shape index (κ2) is 16.7. The van der Waals surface area contributed by atoms with Crippen molar-refractivity contribution in [1.82, 2.24) is 49.8 Å². The van der Waals surface area contributed by atoms with Crippen LogP contribution in [0.2, 0.25) is 10.0 Å². The van der Waals surface area contributed by atoms with Gasteiger partial charge in [-0.2, -0.15) is 29.2 Å². The van der Waals surface area contributed by atoms with E-state index in [1.165, 1.54) is 70.2 Å². The highest BCUT2D eigenvalue weighted by Crippen LogP contribution is 2.17. The van der Waals surface area contributed by atoms with Crippen LogP contribution in [-0.2, 0) is 22.6 Å². The first-order valence-corrected chi connectivity index (χ1v) is 15.9. The van der Waals surface area contributed by atoms with E-state index in [1.807, 2.05) is 0 Å². The molecule has 268 valence electrons. The van der Waals surface area contributed by atoms with Crippen molar-refractivity contribution in [2.45, 2.75) is 26.9 Å². The molecule has 0 radical (unpaired) electrons. The molecule has 0 unspecified atom stereocenters. The molecule has 4 heterocycles. The summed E-state index contributed by atoms with van der Waals surface area (Å²) in [6.45, 7) is 3.91. The van der Waals surface area contributed by atoms with Gasteiger partial charge in [0.15, 0.2) is 11.4 Å². The normalized spacial score (nSPS) is 10.7. The largest absolute Gasteiger partial charge is 0.461 e. The maximum atomic E-state index is 13.3. The van der Waals surface area contributed by atoms with E-state index in [0.717, 1.165) is 0 Å². The predicted octanol–water partition coefficient (Wildman–Crippen LogP) is 4.05. The van der Waals surface area contributed by atoms with Gasteiger partial charge in [0, 0.05) is 25.2 Å². The van der Waals surface area contributed by atoms with Crippen molar-refractivity contribution < 1.29 is 37.4 Å². The summed E-state index contributed by atoms with van der Waals surface area (Å²) in [6, 6.07) is 10.7. The number of fused-ring (bicyclic) bond motifs is 2. The Balaban J connectivity index is 0.000000233. The first kappa shape index (κ1) is 37.1. The summed E-state index contributed by atoms with van der Waals surface area (Å²) >= 11 is 11.5. The maximum absolute atomic E-state index is 13.3. The number of ether oxygens (including phenoxy) is 2. The van der Waals surface area contributed by atoms with E-state index >= 15 is 0 Å². The van der Waals surface area contributed by atoms with Crippen LogP contribution in [0.1, 0.15) is 66.9 Å². The van der Waals surface area contributed by atoms with E-state index in [-0.39, 0.29) is 70.7 Å². The first-order chi connectivity index (χ1) is 25.0. The molecule has 0 spiro atoms. The molecule has 2 aromatic carbocycles. The van der Waals surface area contributed by atoms with Gasteiger partial charge in [0.05, 0.1) is 23.3 Å². The highest BCUT2D eigenvalue weighted by Gasteiger charge is 2.20. The molecule has 0 fully saturated rings. The Morgan fingerprint density at radius 2 is 1.15 bits per heavy atom. The standard InChI is InChI=1S/C21H14Cl2F2N6O2.C11H12N4O4/c22-13-5-11(1-3-15(13)24)8-26-19(32)17-7-18(31-21(30-17)28-10-29-31)20(33)27-9-12-2-4-16(25)14(23)6-12;1-3-18-9(16)7-5-8(10(17)19-4-2)15-11(14-7)12-6-13-15/h1-7,10H,8-9H2,(H,26,32)(H,27,33);5-6H,3-4H2,1-2H3. The summed E-state index contributed by atoms with van der Waals surface area (Å²) in [5, 5.41) is 13.0. The number of nitrogens with one attached hydrogen (secondary N) is 2. The van der Waals surface area contributed by atoms with E-state index in [0.29, 0.717) is 11.1 Å². The summed E-state index contributed by atoms with van der Waals surface area (Å²) in [6.07, 6.45) is 2.43. The van der Waals surface area contributed by atoms with E-state index in [9.17, 15) is 28.0 Å². The van der Waals surface area contributed by atoms with Crippen molar-refractivity contribution in [2.24, 2.45) is 0 Å². The SMILES string of the molecule is CCOC(=O)c1cc(C(=O)OCC)n2ncnc2n1.O=C(NCc1ccc(F)c(Cl)c1)c1cc(C(=O)NCc2ccc(F)c(Cl)c2)n2ncnc2n1. The highest BCUT2D eigenvalue weighted by atomic mass is 35.5. The molecular formula is C32H26Cl2F2N10O6. The molecule has 0 bridgehead atoms. The Morgan fingerprint density at radius 3 is 1.69 bits per heavy atom. The van der Waals surface area contributed by atoms with Crippen molar-refractivity contribution in [3.05, 3.63) is 117 Å². The first-order valence-electron chi connectivity index (χ1n) is 15.2. The molecule has 6 rings (SSSR count). The van der Waals surface area contributed by atoms with Gasteiger partial charge in [-0.25, -0.2) is 28.3 Å². The lowest BCUT2D eigenvalue weighted by atomic mass is 10.2. The molecule has 4 aromatic heterocycles. The van der Waals surface area contributed by atoms with Gasteiger partial charge >= 0.3 is 11.9 Å². The second-order valence-corrected chi connectivity index (χ2v) is 11.1. The number of hydrogen-bond donors (Lipinski definition) is 2. The molecule has 0 saturated heterocycles. The Kier molecular flexibility index (Phi) is 11.9. The Morgan fingerprint density at radius 1 is 0.673 bits per heavy atom. The smallest absolute Gasteiger partial charge is 0.357 e. The molecule has 0 aliphatic rings. The summed E-state index contributed by atoms with van der Waals surface area (Å²) < 4.78 is 38.8. The third-order valence-electron chi connectivity index (χ3n) is 6.81. The van der Waals surface area contributed by atoms with Gasteiger partial charge < -0.3 is 20.1 Å². The summed E-state index contributed by atoms with van der Waals surface area (Å²) in [5.74, 6) is -3.33. The van der Waals surface area contributed by atoms with E-state index < -0.39 is 35.4 Å². The zero-order chi connectivity index (χ0) is 37.4. The van der Waals surface area contributed by atoms with Crippen molar-refractivity contribution in [3.8, 4) is 0 Å². The molecule has 2 amide bonds. The van der Waals surface area contributed by atoms with Gasteiger partial charge in [0.25, 0.3) is 23.4 Å². The van der Waals surface area contributed by atoms with Crippen LogP contribution in [-0.4, -0.2) is 76.1 Å². The number of aromatic nitrogens is 8. The number of amides is 2. The molecule has 2 N–H and O–H groups in total. The minimum absolute atomic E-state index is 0.00889. The van der Waals surface area contributed by atoms with Crippen molar-refractivity contribution in [3.63, 3.8) is 0 Å².